The zero-order chi connectivity index (χ0) is 10.4. The molecule has 0 unspecified atom stereocenters. The molecule has 0 bridgehead atoms. The fraction of sp³-hybridized carbons (Fsp3) is 0. The number of halogens is 2. The highest BCUT2D eigenvalue weighted by molar-refractivity contribution is 6.05. The normalized spacial score (nSPS) is 11.3. The lowest BCUT2D eigenvalue weighted by atomic mass is 10.1. The van der Waals surface area contributed by atoms with Crippen molar-refractivity contribution < 1.29 is 8.78 Å². The predicted octanol–water partition coefficient (Wildman–Crippen LogP) is 3.60. The summed E-state index contributed by atoms with van der Waals surface area (Å²) in [4.78, 5) is 2.60. The van der Waals surface area contributed by atoms with Crippen molar-refractivity contribution in [1.29, 1.82) is 0 Å². The number of H-pyrrole nitrogens is 1. The van der Waals surface area contributed by atoms with E-state index < -0.39 is 5.95 Å². The Morgan fingerprint density at radius 3 is 2.47 bits per heavy atom. The van der Waals surface area contributed by atoms with Gasteiger partial charge < -0.3 is 4.98 Å². The quantitative estimate of drug-likeness (QED) is 0.574. The highest BCUT2D eigenvalue weighted by atomic mass is 19.1. The third kappa shape index (κ3) is 1.13. The lowest BCUT2D eigenvalue weighted by Gasteiger charge is -2.00. The molecule has 0 aliphatic carbocycles. The lowest BCUT2D eigenvalue weighted by molar-refractivity contribution is 0.595. The first kappa shape index (κ1) is 8.41. The Morgan fingerprint density at radius 1 is 0.933 bits per heavy atom. The van der Waals surface area contributed by atoms with Crippen LogP contribution in [0.2, 0.25) is 0 Å². The van der Waals surface area contributed by atoms with E-state index in [1.165, 1.54) is 12.1 Å². The van der Waals surface area contributed by atoms with Crippen molar-refractivity contribution in [2.24, 2.45) is 0 Å². The van der Waals surface area contributed by atoms with Crippen LogP contribution in [-0.2, 0) is 0 Å². The van der Waals surface area contributed by atoms with Crippen LogP contribution in [0.15, 0.2) is 36.4 Å². The highest BCUT2D eigenvalue weighted by Gasteiger charge is 2.08. The highest BCUT2D eigenvalue weighted by Crippen LogP contribution is 2.27. The number of hydrogen-bond donors (Lipinski definition) is 1. The summed E-state index contributed by atoms with van der Waals surface area (Å²) in [5.41, 5.74) is 0.643. The van der Waals surface area contributed by atoms with Gasteiger partial charge in [0.15, 0.2) is 5.95 Å². The standard InChI is InChI=1S/C12H7F2N/c13-10-5-7-6-11(14)15-12(7)9-4-2-1-3-8(9)10/h1-6,15H. The SMILES string of the molecule is Fc1cc2cc(F)c3ccccc3c2[nH]1. The molecule has 0 amide bonds. The Hall–Kier alpha value is -1.90. The molecule has 3 rings (SSSR count). The van der Waals surface area contributed by atoms with Crippen LogP contribution in [0.1, 0.15) is 0 Å². The van der Waals surface area contributed by atoms with Crippen molar-refractivity contribution in [2.75, 3.05) is 0 Å². The molecule has 1 N–H and O–H groups in total. The Morgan fingerprint density at radius 2 is 1.67 bits per heavy atom. The van der Waals surface area contributed by atoms with E-state index >= 15 is 0 Å². The van der Waals surface area contributed by atoms with E-state index in [-0.39, 0.29) is 5.82 Å². The number of rotatable bonds is 0. The van der Waals surface area contributed by atoms with Crippen molar-refractivity contribution in [3.05, 3.63) is 48.2 Å². The third-order valence-corrected chi connectivity index (χ3v) is 2.55. The largest absolute Gasteiger partial charge is 0.331 e. The van der Waals surface area contributed by atoms with Gasteiger partial charge in [-0.15, -0.1) is 0 Å². The number of fused-ring (bicyclic) bond motifs is 3. The maximum Gasteiger partial charge on any atom is 0.192 e. The lowest BCUT2D eigenvalue weighted by Crippen LogP contribution is -1.80. The zero-order valence-corrected chi connectivity index (χ0v) is 7.72. The summed E-state index contributed by atoms with van der Waals surface area (Å²) >= 11 is 0. The molecule has 1 nitrogen and oxygen atoms in total. The molecule has 3 aromatic rings. The van der Waals surface area contributed by atoms with Crippen LogP contribution >= 0.6 is 0 Å². The maximum absolute atomic E-state index is 13.6. The molecule has 1 heterocycles. The summed E-state index contributed by atoms with van der Waals surface area (Å²) < 4.78 is 26.6. The van der Waals surface area contributed by atoms with Crippen LogP contribution in [0.3, 0.4) is 0 Å². The van der Waals surface area contributed by atoms with Crippen LogP contribution in [0.25, 0.3) is 21.7 Å². The van der Waals surface area contributed by atoms with Crippen LogP contribution in [-0.4, -0.2) is 4.98 Å². The molecule has 15 heavy (non-hydrogen) atoms. The summed E-state index contributed by atoms with van der Waals surface area (Å²) in [5.74, 6) is -0.766. The second-order valence-electron chi connectivity index (χ2n) is 3.49. The Balaban J connectivity index is 2.62. The van der Waals surface area contributed by atoms with E-state index in [2.05, 4.69) is 4.98 Å². The summed E-state index contributed by atoms with van der Waals surface area (Å²) in [7, 11) is 0. The summed E-state index contributed by atoms with van der Waals surface area (Å²) in [5, 5.41) is 1.77. The van der Waals surface area contributed by atoms with Crippen LogP contribution in [0.4, 0.5) is 8.78 Å². The van der Waals surface area contributed by atoms with Gasteiger partial charge >= 0.3 is 0 Å². The van der Waals surface area contributed by atoms with Crippen LogP contribution in [0.5, 0.6) is 0 Å². The van der Waals surface area contributed by atoms with Gasteiger partial charge in [0.2, 0.25) is 0 Å². The molecule has 74 valence electrons. The molecule has 0 atom stereocenters. The first-order chi connectivity index (χ1) is 7.25. The van der Waals surface area contributed by atoms with Crippen molar-refractivity contribution in [3.63, 3.8) is 0 Å². The van der Waals surface area contributed by atoms with E-state index in [4.69, 9.17) is 0 Å². The fourth-order valence-corrected chi connectivity index (χ4v) is 1.90. The average Bonchev–Trinajstić information content (AvgIpc) is 2.59. The molecule has 1 aromatic heterocycles. The number of aromatic nitrogens is 1. The van der Waals surface area contributed by atoms with E-state index in [0.717, 1.165) is 0 Å². The minimum absolute atomic E-state index is 0.322. The van der Waals surface area contributed by atoms with Gasteiger partial charge in [0.1, 0.15) is 5.82 Å². The number of aromatic amines is 1. The molecule has 0 aliphatic rings. The molecule has 0 saturated heterocycles. The van der Waals surface area contributed by atoms with Gasteiger partial charge in [-0.3, -0.25) is 0 Å². The molecule has 0 aliphatic heterocycles. The third-order valence-electron chi connectivity index (χ3n) is 2.55. The van der Waals surface area contributed by atoms with Crippen molar-refractivity contribution in [3.8, 4) is 0 Å². The molecule has 2 aromatic carbocycles. The molecule has 0 fully saturated rings. The first-order valence-electron chi connectivity index (χ1n) is 4.61. The van der Waals surface area contributed by atoms with Crippen molar-refractivity contribution in [2.45, 2.75) is 0 Å². The molecular formula is C12H7F2N. The first-order valence-corrected chi connectivity index (χ1v) is 4.61. The van der Waals surface area contributed by atoms with Gasteiger partial charge in [-0.05, 0) is 6.07 Å². The van der Waals surface area contributed by atoms with Gasteiger partial charge in [-0.1, -0.05) is 24.3 Å². The summed E-state index contributed by atoms with van der Waals surface area (Å²) in [6.07, 6.45) is 0. The summed E-state index contributed by atoms with van der Waals surface area (Å²) in [6, 6.07) is 9.66. The monoisotopic (exact) mass is 203 g/mol. The molecule has 3 heteroatoms. The van der Waals surface area contributed by atoms with Crippen molar-refractivity contribution >= 4 is 21.7 Å². The minimum atomic E-state index is -0.444. The second kappa shape index (κ2) is 2.79. The molecular weight excluding hydrogens is 196 g/mol. The molecule has 0 radical (unpaired) electrons. The second-order valence-corrected chi connectivity index (χ2v) is 3.49. The van der Waals surface area contributed by atoms with Gasteiger partial charge in [0.25, 0.3) is 0 Å². The van der Waals surface area contributed by atoms with E-state index in [0.29, 0.717) is 21.7 Å². The zero-order valence-electron chi connectivity index (χ0n) is 7.72. The van der Waals surface area contributed by atoms with Gasteiger partial charge in [0, 0.05) is 22.2 Å². The smallest absolute Gasteiger partial charge is 0.192 e. The predicted molar refractivity (Wildman–Crippen MR) is 55.7 cm³/mol. The van der Waals surface area contributed by atoms with Crippen LogP contribution in [0, 0.1) is 11.8 Å². The summed E-state index contributed by atoms with van der Waals surface area (Å²) in [6.45, 7) is 0. The van der Waals surface area contributed by atoms with E-state index in [1.54, 1.807) is 24.3 Å². The van der Waals surface area contributed by atoms with Gasteiger partial charge in [0.05, 0.1) is 5.52 Å². The Kier molecular flexibility index (Phi) is 1.57. The van der Waals surface area contributed by atoms with Gasteiger partial charge in [-0.25, -0.2) is 4.39 Å². The Labute approximate surface area is 84.3 Å². The van der Waals surface area contributed by atoms with E-state index in [1.807, 2.05) is 0 Å². The molecule has 0 spiro atoms. The van der Waals surface area contributed by atoms with Gasteiger partial charge in [-0.2, -0.15) is 4.39 Å². The minimum Gasteiger partial charge on any atom is -0.331 e. The maximum atomic E-state index is 13.6. The average molecular weight is 203 g/mol. The fourth-order valence-electron chi connectivity index (χ4n) is 1.90. The van der Waals surface area contributed by atoms with Crippen molar-refractivity contribution in [1.82, 2.24) is 4.98 Å². The number of benzene rings is 2. The van der Waals surface area contributed by atoms with Crippen LogP contribution < -0.4 is 0 Å². The molecule has 0 saturated carbocycles. The number of nitrogens with one attached hydrogen (secondary N) is 1. The number of hydrogen-bond acceptors (Lipinski definition) is 0. The van der Waals surface area contributed by atoms with E-state index in [9.17, 15) is 8.78 Å². The Bertz CT molecular complexity index is 655. The topological polar surface area (TPSA) is 15.8 Å².